The van der Waals surface area contributed by atoms with Crippen LogP contribution in [0.2, 0.25) is 0 Å². The summed E-state index contributed by atoms with van der Waals surface area (Å²) >= 11 is 0.220. The number of aromatic nitrogens is 2. The van der Waals surface area contributed by atoms with Crippen molar-refractivity contribution >= 4 is 29.1 Å². The van der Waals surface area contributed by atoms with E-state index in [1.54, 1.807) is 12.4 Å². The Morgan fingerprint density at radius 3 is 2.89 bits per heavy atom. The maximum Gasteiger partial charge on any atom is 0.169 e. The van der Waals surface area contributed by atoms with E-state index < -0.39 is 0 Å². The number of fused-ring (bicyclic) bond motifs is 1. The van der Waals surface area contributed by atoms with E-state index in [0.717, 1.165) is 48.6 Å². The van der Waals surface area contributed by atoms with Gasteiger partial charge < -0.3 is 9.64 Å². The van der Waals surface area contributed by atoms with Gasteiger partial charge >= 0.3 is 0 Å². The largest absolute Gasteiger partial charge is 0.378 e. The van der Waals surface area contributed by atoms with Gasteiger partial charge in [-0.2, -0.15) is 0 Å². The van der Waals surface area contributed by atoms with Crippen molar-refractivity contribution in [1.82, 2.24) is 8.96 Å². The Bertz CT molecular complexity index is 566. The fraction of sp³-hybridized carbons (Fsp3) is 0.417. The zero-order valence-electron chi connectivity index (χ0n) is 10.1. The molecule has 3 heterocycles. The Kier molecular flexibility index (Phi) is 3.13. The van der Waals surface area contributed by atoms with E-state index >= 15 is 0 Å². The van der Waals surface area contributed by atoms with Gasteiger partial charge in [0.05, 0.1) is 18.7 Å². The highest BCUT2D eigenvalue weighted by atomic mass is 32.2. The zero-order valence-corrected chi connectivity index (χ0v) is 10.9. The molecule has 1 aliphatic heterocycles. The first kappa shape index (κ1) is 11.8. The molecular formula is C12H14FN3OS. The molecule has 1 saturated heterocycles. The van der Waals surface area contributed by atoms with Crippen molar-refractivity contribution in [2.45, 2.75) is 6.92 Å². The average molecular weight is 267 g/mol. The molecule has 0 unspecified atom stereocenters. The van der Waals surface area contributed by atoms with Crippen molar-refractivity contribution < 1.29 is 8.62 Å². The summed E-state index contributed by atoms with van der Waals surface area (Å²) in [4.78, 5) is 6.66. The summed E-state index contributed by atoms with van der Waals surface area (Å²) in [7, 11) is 0. The lowest BCUT2D eigenvalue weighted by atomic mass is 10.2. The number of aryl methyl sites for hydroxylation is 1. The summed E-state index contributed by atoms with van der Waals surface area (Å²) in [6, 6.07) is 1.85. The van der Waals surface area contributed by atoms with Crippen molar-refractivity contribution in [1.29, 1.82) is 0 Å². The van der Waals surface area contributed by atoms with Crippen molar-refractivity contribution in [2.75, 3.05) is 31.2 Å². The third-order valence-electron chi connectivity index (χ3n) is 3.24. The lowest BCUT2D eigenvalue weighted by Crippen LogP contribution is -2.36. The van der Waals surface area contributed by atoms with Gasteiger partial charge in [-0.15, -0.1) is 3.89 Å². The van der Waals surface area contributed by atoms with Crippen LogP contribution in [-0.2, 0) is 4.74 Å². The third-order valence-corrected chi connectivity index (χ3v) is 3.69. The SMILES string of the molecule is Cc1cn(SF)c2ccnc(N3CCOCC3)c12. The van der Waals surface area contributed by atoms with Gasteiger partial charge in [0, 0.05) is 30.9 Å². The normalized spacial score (nSPS) is 16.4. The Morgan fingerprint density at radius 1 is 1.39 bits per heavy atom. The minimum Gasteiger partial charge on any atom is -0.378 e. The maximum absolute atomic E-state index is 12.9. The molecule has 96 valence electrons. The second-order valence-electron chi connectivity index (χ2n) is 4.34. The predicted octanol–water partition coefficient (Wildman–Crippen LogP) is 2.56. The summed E-state index contributed by atoms with van der Waals surface area (Å²) in [5.74, 6) is 0.932. The predicted molar refractivity (Wildman–Crippen MR) is 71.6 cm³/mol. The molecule has 2 aromatic heterocycles. The van der Waals surface area contributed by atoms with E-state index in [1.807, 2.05) is 13.0 Å². The van der Waals surface area contributed by atoms with Crippen molar-refractivity contribution in [2.24, 2.45) is 0 Å². The molecule has 6 heteroatoms. The third kappa shape index (κ3) is 1.85. The molecule has 0 aromatic carbocycles. The quantitative estimate of drug-likeness (QED) is 0.836. The average Bonchev–Trinajstić information content (AvgIpc) is 2.77. The molecule has 0 N–H and O–H groups in total. The van der Waals surface area contributed by atoms with E-state index in [2.05, 4.69) is 9.88 Å². The Balaban J connectivity index is 2.13. The van der Waals surface area contributed by atoms with E-state index in [-0.39, 0.29) is 12.3 Å². The van der Waals surface area contributed by atoms with Crippen LogP contribution in [0.25, 0.3) is 10.9 Å². The van der Waals surface area contributed by atoms with Gasteiger partial charge in [0.2, 0.25) is 0 Å². The van der Waals surface area contributed by atoms with E-state index in [0.29, 0.717) is 0 Å². The van der Waals surface area contributed by atoms with Crippen LogP contribution in [0, 0.1) is 6.92 Å². The van der Waals surface area contributed by atoms with Crippen LogP contribution in [0.3, 0.4) is 0 Å². The van der Waals surface area contributed by atoms with Crippen molar-refractivity contribution in [3.63, 3.8) is 0 Å². The van der Waals surface area contributed by atoms with E-state index in [4.69, 9.17) is 4.74 Å². The van der Waals surface area contributed by atoms with Gasteiger partial charge in [0.25, 0.3) is 0 Å². The van der Waals surface area contributed by atoms with Gasteiger partial charge in [-0.05, 0) is 18.6 Å². The molecule has 0 radical (unpaired) electrons. The van der Waals surface area contributed by atoms with Crippen LogP contribution in [0.5, 0.6) is 0 Å². The zero-order chi connectivity index (χ0) is 12.5. The maximum atomic E-state index is 12.9. The first-order valence-electron chi connectivity index (χ1n) is 5.89. The van der Waals surface area contributed by atoms with E-state index in [1.165, 1.54) is 3.97 Å². The van der Waals surface area contributed by atoms with Gasteiger partial charge in [-0.1, -0.05) is 0 Å². The summed E-state index contributed by atoms with van der Waals surface area (Å²) in [6.07, 6.45) is 3.54. The number of hydrogen-bond donors (Lipinski definition) is 0. The van der Waals surface area contributed by atoms with Gasteiger partial charge in [-0.3, -0.25) is 3.97 Å². The van der Waals surface area contributed by atoms with E-state index in [9.17, 15) is 3.89 Å². The van der Waals surface area contributed by atoms with Crippen LogP contribution in [0.1, 0.15) is 5.56 Å². The lowest BCUT2D eigenvalue weighted by Gasteiger charge is -2.28. The molecule has 0 bridgehead atoms. The van der Waals surface area contributed by atoms with Crippen molar-refractivity contribution in [3.05, 3.63) is 24.0 Å². The smallest absolute Gasteiger partial charge is 0.169 e. The fourth-order valence-electron chi connectivity index (χ4n) is 2.38. The number of hydrogen-bond acceptors (Lipinski definition) is 4. The van der Waals surface area contributed by atoms with Crippen molar-refractivity contribution in [3.8, 4) is 0 Å². The fourth-order valence-corrected chi connectivity index (χ4v) is 2.81. The summed E-state index contributed by atoms with van der Waals surface area (Å²) < 4.78 is 19.8. The first-order valence-corrected chi connectivity index (χ1v) is 6.57. The van der Waals surface area contributed by atoms with Crippen LogP contribution in [-0.4, -0.2) is 35.3 Å². The number of nitrogens with zero attached hydrogens (tertiary/aromatic N) is 3. The highest BCUT2D eigenvalue weighted by molar-refractivity contribution is 7.92. The molecule has 0 amide bonds. The summed E-state index contributed by atoms with van der Waals surface area (Å²) in [6.45, 7) is 5.09. The Morgan fingerprint density at radius 2 is 2.17 bits per heavy atom. The molecule has 2 aromatic rings. The highest BCUT2D eigenvalue weighted by Gasteiger charge is 2.18. The molecule has 0 saturated carbocycles. The molecule has 0 aliphatic carbocycles. The highest BCUT2D eigenvalue weighted by Crippen LogP contribution is 2.31. The molecule has 0 atom stereocenters. The monoisotopic (exact) mass is 267 g/mol. The Labute approximate surface area is 109 Å². The molecule has 18 heavy (non-hydrogen) atoms. The number of halogens is 1. The number of ether oxygens (including phenoxy) is 1. The van der Waals surface area contributed by atoms with Crippen LogP contribution in [0.15, 0.2) is 18.5 Å². The Hall–Kier alpha value is -1.27. The van der Waals surface area contributed by atoms with Gasteiger partial charge in [0.1, 0.15) is 5.82 Å². The number of pyridine rings is 1. The second kappa shape index (κ2) is 4.78. The molecule has 4 nitrogen and oxygen atoms in total. The van der Waals surface area contributed by atoms with Crippen LogP contribution < -0.4 is 4.90 Å². The molecule has 3 rings (SSSR count). The number of morpholine rings is 1. The minimum absolute atomic E-state index is 0.220. The number of rotatable bonds is 2. The van der Waals surface area contributed by atoms with Gasteiger partial charge in [0.15, 0.2) is 12.3 Å². The first-order chi connectivity index (χ1) is 8.81. The molecule has 1 fully saturated rings. The van der Waals surface area contributed by atoms with Crippen LogP contribution >= 0.6 is 12.3 Å². The minimum atomic E-state index is 0.220. The standard InChI is InChI=1S/C12H14FN3OS/c1-9-8-16(18-13)10-2-3-14-12(11(9)10)15-4-6-17-7-5-15/h2-3,8H,4-7H2,1H3. The second-order valence-corrected chi connectivity index (χ2v) is 4.87. The lowest BCUT2D eigenvalue weighted by molar-refractivity contribution is 0.122. The molecular weight excluding hydrogens is 253 g/mol. The summed E-state index contributed by atoms with van der Waals surface area (Å²) in [5, 5.41) is 1.03. The summed E-state index contributed by atoms with van der Waals surface area (Å²) in [5.41, 5.74) is 1.92. The molecule has 1 aliphatic rings. The number of anilines is 1. The molecule has 0 spiro atoms. The van der Waals surface area contributed by atoms with Crippen LogP contribution in [0.4, 0.5) is 9.70 Å². The topological polar surface area (TPSA) is 30.3 Å². The van der Waals surface area contributed by atoms with Gasteiger partial charge in [-0.25, -0.2) is 4.98 Å².